The van der Waals surface area contributed by atoms with E-state index in [4.69, 9.17) is 9.68 Å². The van der Waals surface area contributed by atoms with Crippen molar-refractivity contribution >= 4 is 17.3 Å². The summed E-state index contributed by atoms with van der Waals surface area (Å²) in [5, 5.41) is 3.98. The van der Waals surface area contributed by atoms with E-state index in [2.05, 4.69) is 20.6 Å². The number of benzene rings is 2. The van der Waals surface area contributed by atoms with Crippen LogP contribution in [0.2, 0.25) is 0 Å². The molecule has 30 heavy (non-hydrogen) atoms. The third-order valence-electron chi connectivity index (χ3n) is 4.17. The molecule has 2 rings (SSSR count). The van der Waals surface area contributed by atoms with E-state index in [0.29, 0.717) is 22.8 Å². The number of hydrogen-bond acceptors (Lipinski definition) is 5. The molecule has 6 nitrogen and oxygen atoms in total. The first-order valence-corrected chi connectivity index (χ1v) is 8.97. The number of nitrogens with one attached hydrogen (secondary N) is 1. The fourth-order valence-corrected chi connectivity index (χ4v) is 2.70. The van der Waals surface area contributed by atoms with Gasteiger partial charge >= 0.3 is 6.18 Å². The average molecular weight is 420 g/mol. The molecule has 0 aliphatic heterocycles. The minimum atomic E-state index is -4.42. The molecular formula is C21H23F3N4O2. The van der Waals surface area contributed by atoms with Gasteiger partial charge in [-0.05, 0) is 24.6 Å². The SMILES string of the molecule is CN=C(NOC)C(=NC)c1ccccc1CO/N=C(\C)c1cccc(C(F)(F)F)c1. The normalized spacial score (nSPS) is 13.4. The Morgan fingerprint density at radius 2 is 1.77 bits per heavy atom. The molecule has 2 aromatic carbocycles. The average Bonchev–Trinajstić information content (AvgIpc) is 2.74. The van der Waals surface area contributed by atoms with Crippen LogP contribution in [0.3, 0.4) is 0 Å². The molecule has 0 aromatic heterocycles. The van der Waals surface area contributed by atoms with E-state index in [1.807, 2.05) is 24.3 Å². The fourth-order valence-electron chi connectivity index (χ4n) is 2.70. The molecule has 0 amide bonds. The van der Waals surface area contributed by atoms with Crippen molar-refractivity contribution in [1.29, 1.82) is 0 Å². The van der Waals surface area contributed by atoms with Crippen LogP contribution in [0.1, 0.15) is 29.2 Å². The van der Waals surface area contributed by atoms with Gasteiger partial charge in [0, 0.05) is 25.2 Å². The number of hydrogen-bond donors (Lipinski definition) is 1. The summed E-state index contributed by atoms with van der Waals surface area (Å²) in [5.74, 6) is 0.441. The minimum absolute atomic E-state index is 0.0927. The van der Waals surface area contributed by atoms with Crippen molar-refractivity contribution in [3.63, 3.8) is 0 Å². The summed E-state index contributed by atoms with van der Waals surface area (Å²) in [7, 11) is 4.71. The van der Waals surface area contributed by atoms with Crippen molar-refractivity contribution in [2.24, 2.45) is 15.1 Å². The minimum Gasteiger partial charge on any atom is -0.391 e. The number of amidine groups is 1. The van der Waals surface area contributed by atoms with Gasteiger partial charge in [0.15, 0.2) is 5.84 Å². The van der Waals surface area contributed by atoms with Crippen LogP contribution in [0.25, 0.3) is 0 Å². The molecule has 0 aliphatic carbocycles. The van der Waals surface area contributed by atoms with Crippen molar-refractivity contribution in [3.05, 3.63) is 70.8 Å². The van der Waals surface area contributed by atoms with Crippen molar-refractivity contribution in [2.75, 3.05) is 21.2 Å². The van der Waals surface area contributed by atoms with Crippen molar-refractivity contribution in [1.82, 2.24) is 5.48 Å². The van der Waals surface area contributed by atoms with Crippen LogP contribution < -0.4 is 5.48 Å². The van der Waals surface area contributed by atoms with E-state index >= 15 is 0 Å². The van der Waals surface area contributed by atoms with Gasteiger partial charge in [0.2, 0.25) is 0 Å². The molecule has 2 aromatic rings. The first kappa shape index (κ1) is 23.1. The molecule has 0 saturated heterocycles. The fraction of sp³-hybridized carbons (Fsp3) is 0.286. The van der Waals surface area contributed by atoms with Crippen LogP contribution in [0.4, 0.5) is 13.2 Å². The maximum absolute atomic E-state index is 12.9. The summed E-state index contributed by atoms with van der Waals surface area (Å²) >= 11 is 0. The van der Waals surface area contributed by atoms with Crippen LogP contribution in [0.15, 0.2) is 63.7 Å². The van der Waals surface area contributed by atoms with E-state index in [0.717, 1.165) is 23.3 Å². The molecule has 9 heteroatoms. The van der Waals surface area contributed by atoms with Gasteiger partial charge in [0.05, 0.1) is 18.4 Å². The summed E-state index contributed by atoms with van der Waals surface area (Å²) in [6.45, 7) is 1.68. The standard InChI is InChI=1S/C21H23F3N4O2/c1-14(15-9-7-10-17(12-15)21(22,23)24)27-30-13-16-8-5-6-11-18(16)19(25-2)20(26-3)28-29-4/h5-12H,13H2,1-4H3,(H,26,28)/b25-19?,27-14+. The van der Waals surface area contributed by atoms with Crippen molar-refractivity contribution in [3.8, 4) is 0 Å². The monoisotopic (exact) mass is 420 g/mol. The van der Waals surface area contributed by atoms with Crippen LogP contribution in [-0.2, 0) is 22.5 Å². The topological polar surface area (TPSA) is 67.6 Å². The van der Waals surface area contributed by atoms with E-state index in [9.17, 15) is 13.2 Å². The lowest BCUT2D eigenvalue weighted by molar-refractivity contribution is -0.137. The first-order valence-electron chi connectivity index (χ1n) is 8.97. The predicted molar refractivity (Wildman–Crippen MR) is 111 cm³/mol. The highest BCUT2D eigenvalue weighted by Crippen LogP contribution is 2.29. The van der Waals surface area contributed by atoms with Crippen molar-refractivity contribution < 1.29 is 22.8 Å². The quantitative estimate of drug-likeness (QED) is 0.414. The van der Waals surface area contributed by atoms with Gasteiger partial charge in [-0.15, -0.1) is 0 Å². The lowest BCUT2D eigenvalue weighted by Gasteiger charge is -2.13. The molecule has 0 heterocycles. The predicted octanol–water partition coefficient (Wildman–Crippen LogP) is 4.24. The van der Waals surface area contributed by atoms with E-state index in [1.165, 1.54) is 13.2 Å². The summed E-state index contributed by atoms with van der Waals surface area (Å²) < 4.78 is 38.7. The molecule has 0 spiro atoms. The third kappa shape index (κ3) is 5.90. The molecule has 0 atom stereocenters. The highest BCUT2D eigenvalue weighted by atomic mass is 19.4. The number of halogens is 3. The van der Waals surface area contributed by atoms with Gasteiger partial charge in [-0.1, -0.05) is 41.6 Å². The zero-order valence-corrected chi connectivity index (χ0v) is 17.1. The Balaban J connectivity index is 2.21. The zero-order valence-electron chi connectivity index (χ0n) is 17.1. The maximum atomic E-state index is 12.9. The number of oxime groups is 1. The van der Waals surface area contributed by atoms with E-state index < -0.39 is 11.7 Å². The van der Waals surface area contributed by atoms with Gasteiger partial charge in [0.1, 0.15) is 12.3 Å². The summed E-state index contributed by atoms with van der Waals surface area (Å²) in [6.07, 6.45) is -4.42. The van der Waals surface area contributed by atoms with E-state index in [1.54, 1.807) is 27.1 Å². The smallest absolute Gasteiger partial charge is 0.391 e. The second kappa shape index (κ2) is 10.5. The summed E-state index contributed by atoms with van der Waals surface area (Å²) in [5.41, 5.74) is 4.71. The first-order chi connectivity index (χ1) is 14.3. The molecule has 1 N–H and O–H groups in total. The highest BCUT2D eigenvalue weighted by molar-refractivity contribution is 6.47. The number of aliphatic imine (C=N–C) groups is 2. The van der Waals surface area contributed by atoms with Gasteiger partial charge < -0.3 is 4.84 Å². The Labute approximate surface area is 173 Å². The Morgan fingerprint density at radius 1 is 1.03 bits per heavy atom. The highest BCUT2D eigenvalue weighted by Gasteiger charge is 2.30. The lowest BCUT2D eigenvalue weighted by atomic mass is 10.0. The molecule has 0 bridgehead atoms. The number of rotatable bonds is 7. The second-order valence-electron chi connectivity index (χ2n) is 6.14. The zero-order chi connectivity index (χ0) is 22.1. The van der Waals surface area contributed by atoms with Crippen LogP contribution in [-0.4, -0.2) is 38.5 Å². The second-order valence-corrected chi connectivity index (χ2v) is 6.14. The third-order valence-corrected chi connectivity index (χ3v) is 4.17. The Bertz CT molecular complexity index is 953. The number of hydroxylamine groups is 1. The molecule has 0 unspecified atom stereocenters. The van der Waals surface area contributed by atoms with Crippen LogP contribution in [0.5, 0.6) is 0 Å². The molecule has 0 fully saturated rings. The van der Waals surface area contributed by atoms with Gasteiger partial charge in [-0.3, -0.25) is 14.8 Å². The Kier molecular flexibility index (Phi) is 8.11. The number of alkyl halides is 3. The Hall–Kier alpha value is -3.20. The lowest BCUT2D eigenvalue weighted by Crippen LogP contribution is -2.31. The molecule has 0 saturated carbocycles. The largest absolute Gasteiger partial charge is 0.416 e. The van der Waals surface area contributed by atoms with Gasteiger partial charge in [-0.25, -0.2) is 5.48 Å². The summed E-state index contributed by atoms with van der Waals surface area (Å²) in [6, 6.07) is 12.3. The summed E-state index contributed by atoms with van der Waals surface area (Å²) in [4.78, 5) is 18.8. The molecule has 0 radical (unpaired) electrons. The maximum Gasteiger partial charge on any atom is 0.416 e. The van der Waals surface area contributed by atoms with Gasteiger partial charge in [0.25, 0.3) is 0 Å². The van der Waals surface area contributed by atoms with Gasteiger partial charge in [-0.2, -0.15) is 13.2 Å². The van der Waals surface area contributed by atoms with Crippen molar-refractivity contribution in [2.45, 2.75) is 19.7 Å². The van der Waals surface area contributed by atoms with Crippen LogP contribution in [0, 0.1) is 0 Å². The van der Waals surface area contributed by atoms with E-state index in [-0.39, 0.29) is 6.61 Å². The molecule has 0 aliphatic rings. The Morgan fingerprint density at radius 3 is 2.40 bits per heavy atom. The number of nitrogens with zero attached hydrogens (tertiary/aromatic N) is 3. The van der Waals surface area contributed by atoms with Crippen LogP contribution >= 0.6 is 0 Å². The molecular weight excluding hydrogens is 397 g/mol. The molecule has 160 valence electrons.